The zero-order valence-electron chi connectivity index (χ0n) is 15.7. The number of rotatable bonds is 3. The summed E-state index contributed by atoms with van der Waals surface area (Å²) in [5.41, 5.74) is 7.32. The molecule has 5 rings (SSSR count). The maximum atomic E-state index is 4.62. The third-order valence-corrected chi connectivity index (χ3v) is 6.61. The van der Waals surface area contributed by atoms with Gasteiger partial charge in [-0.2, -0.15) is 13.8 Å². The Bertz CT molecular complexity index is 995. The van der Waals surface area contributed by atoms with Gasteiger partial charge in [0.05, 0.1) is 11.7 Å². The molecule has 2 aliphatic rings. The lowest BCUT2D eigenvalue weighted by Crippen LogP contribution is -2.34. The van der Waals surface area contributed by atoms with Crippen molar-refractivity contribution >= 4 is 28.6 Å². The molecular weight excluding hydrogens is 356 g/mol. The monoisotopic (exact) mass is 380 g/mol. The third-order valence-electron chi connectivity index (χ3n) is 6.06. The highest BCUT2D eigenvalue weighted by molar-refractivity contribution is 7.00. The normalized spacial score (nSPS) is 21.5. The molecule has 0 spiro atoms. The van der Waals surface area contributed by atoms with Gasteiger partial charge in [-0.05, 0) is 56.6 Å². The molecule has 2 aliphatic heterocycles. The molecule has 1 atom stereocenters. The van der Waals surface area contributed by atoms with Crippen LogP contribution < -0.4 is 5.32 Å². The van der Waals surface area contributed by atoms with Crippen molar-refractivity contribution in [3.05, 3.63) is 46.8 Å². The summed E-state index contributed by atoms with van der Waals surface area (Å²) in [5.74, 6) is 1.72. The average molecular weight is 381 g/mol. The molecule has 1 fully saturated rings. The second-order valence-electron chi connectivity index (χ2n) is 7.60. The van der Waals surface area contributed by atoms with Crippen LogP contribution in [0.4, 0.5) is 5.82 Å². The van der Waals surface area contributed by atoms with Crippen molar-refractivity contribution < 1.29 is 0 Å². The summed E-state index contributed by atoms with van der Waals surface area (Å²) in [6.45, 7) is 4.57. The van der Waals surface area contributed by atoms with Gasteiger partial charge >= 0.3 is 0 Å². The molecule has 0 aliphatic carbocycles. The summed E-state index contributed by atoms with van der Waals surface area (Å²) >= 11 is 1.29. The Labute approximate surface area is 163 Å². The fourth-order valence-corrected chi connectivity index (χ4v) is 5.20. The van der Waals surface area contributed by atoms with Gasteiger partial charge in [-0.3, -0.25) is 5.10 Å². The molecule has 1 aromatic carbocycles. The Morgan fingerprint density at radius 3 is 2.85 bits per heavy atom. The van der Waals surface area contributed by atoms with Crippen LogP contribution in [0.2, 0.25) is 0 Å². The molecule has 0 radical (unpaired) electrons. The third kappa shape index (κ3) is 2.76. The fraction of sp³-hybridized carbons (Fsp3) is 0.450. The van der Waals surface area contributed by atoms with E-state index in [1.807, 2.05) is 12.3 Å². The minimum absolute atomic E-state index is 0.187. The van der Waals surface area contributed by atoms with E-state index in [0.717, 1.165) is 36.4 Å². The predicted octanol–water partition coefficient (Wildman–Crippen LogP) is 3.98. The van der Waals surface area contributed by atoms with Gasteiger partial charge in [0.1, 0.15) is 11.0 Å². The number of hydrogen-bond acceptors (Lipinski definition) is 6. The van der Waals surface area contributed by atoms with Crippen molar-refractivity contribution in [2.75, 3.05) is 25.5 Å². The van der Waals surface area contributed by atoms with Crippen molar-refractivity contribution in [1.29, 1.82) is 0 Å². The van der Waals surface area contributed by atoms with Crippen LogP contribution in [0, 0.1) is 5.92 Å². The fourth-order valence-electron chi connectivity index (χ4n) is 4.64. The number of nitrogens with one attached hydrogen (secondary N) is 2. The largest absolute Gasteiger partial charge is 0.342 e. The Kier molecular flexibility index (Phi) is 4.21. The summed E-state index contributed by atoms with van der Waals surface area (Å²) in [7, 11) is 2.21. The molecule has 4 heterocycles. The number of likely N-dealkylation sites (tertiary alicyclic amines) is 1. The topological polar surface area (TPSA) is 69.7 Å². The molecule has 3 aromatic rings. The maximum Gasteiger partial charge on any atom is 0.156 e. The van der Waals surface area contributed by atoms with Gasteiger partial charge in [-0.25, -0.2) is 0 Å². The van der Waals surface area contributed by atoms with Gasteiger partial charge in [-0.1, -0.05) is 19.1 Å². The molecule has 0 bridgehead atoms. The van der Waals surface area contributed by atoms with Crippen molar-refractivity contribution in [2.45, 2.75) is 32.1 Å². The molecule has 0 saturated carbocycles. The highest BCUT2D eigenvalue weighted by Crippen LogP contribution is 2.46. The van der Waals surface area contributed by atoms with Gasteiger partial charge in [0.2, 0.25) is 0 Å². The average Bonchev–Trinajstić information content (AvgIpc) is 3.36. The lowest BCUT2D eigenvalue weighted by Gasteiger charge is -2.36. The molecule has 2 N–H and O–H groups in total. The first kappa shape index (κ1) is 16.9. The molecule has 140 valence electrons. The van der Waals surface area contributed by atoms with Gasteiger partial charge in [0, 0.05) is 29.3 Å². The number of aromatic amines is 1. The predicted molar refractivity (Wildman–Crippen MR) is 109 cm³/mol. The van der Waals surface area contributed by atoms with Gasteiger partial charge < -0.3 is 10.2 Å². The van der Waals surface area contributed by atoms with Crippen LogP contribution in [-0.4, -0.2) is 44.0 Å². The van der Waals surface area contributed by atoms with E-state index in [1.54, 1.807) is 0 Å². The number of H-pyrrole nitrogens is 1. The maximum absolute atomic E-state index is 4.62. The van der Waals surface area contributed by atoms with Crippen LogP contribution in [0.1, 0.15) is 43.2 Å². The standard InChI is InChI=1S/C20H24N6S/c1-3-13-17(14-5-4-6-16-19(14)25-27-24-16)15-11-21-23-20(15)22-18(13)12-7-9-26(2)10-8-12/h4-6,11-12,17H,3,7-10H2,1-2H3,(H2,21,22,23). The van der Waals surface area contributed by atoms with E-state index in [1.165, 1.54) is 47.0 Å². The van der Waals surface area contributed by atoms with Crippen LogP contribution >= 0.6 is 11.7 Å². The smallest absolute Gasteiger partial charge is 0.156 e. The zero-order valence-corrected chi connectivity index (χ0v) is 16.5. The first-order valence-corrected chi connectivity index (χ1v) is 10.4. The molecule has 7 heteroatoms. The highest BCUT2D eigenvalue weighted by atomic mass is 32.1. The Morgan fingerprint density at radius 1 is 1.19 bits per heavy atom. The van der Waals surface area contributed by atoms with Crippen LogP contribution in [-0.2, 0) is 0 Å². The number of piperidine rings is 1. The minimum Gasteiger partial charge on any atom is -0.342 e. The van der Waals surface area contributed by atoms with Gasteiger partial charge in [-0.15, -0.1) is 0 Å². The minimum atomic E-state index is 0.187. The number of aromatic nitrogens is 4. The van der Waals surface area contributed by atoms with Crippen LogP contribution in [0.5, 0.6) is 0 Å². The lowest BCUT2D eigenvalue weighted by atomic mass is 9.77. The number of hydrogen-bond donors (Lipinski definition) is 2. The number of nitrogens with zero attached hydrogens (tertiary/aromatic N) is 4. The second kappa shape index (κ2) is 6.73. The van der Waals surface area contributed by atoms with E-state index in [4.69, 9.17) is 0 Å². The lowest BCUT2D eigenvalue weighted by molar-refractivity contribution is 0.237. The van der Waals surface area contributed by atoms with E-state index in [2.05, 4.69) is 55.3 Å². The summed E-state index contributed by atoms with van der Waals surface area (Å²) in [6, 6.07) is 6.36. The molecular formula is C20H24N6S. The summed E-state index contributed by atoms with van der Waals surface area (Å²) in [4.78, 5) is 2.42. The molecule has 1 saturated heterocycles. The summed E-state index contributed by atoms with van der Waals surface area (Å²) < 4.78 is 9.07. The number of allylic oxidation sites excluding steroid dienone is 2. The van der Waals surface area contributed by atoms with Crippen molar-refractivity contribution in [1.82, 2.24) is 23.8 Å². The Morgan fingerprint density at radius 2 is 2.04 bits per heavy atom. The van der Waals surface area contributed by atoms with E-state index >= 15 is 0 Å². The number of benzene rings is 1. The molecule has 0 amide bonds. The molecule has 1 unspecified atom stereocenters. The Hall–Kier alpha value is -2.25. The highest BCUT2D eigenvalue weighted by Gasteiger charge is 2.35. The van der Waals surface area contributed by atoms with E-state index in [9.17, 15) is 0 Å². The van der Waals surface area contributed by atoms with Crippen LogP contribution in [0.25, 0.3) is 11.0 Å². The number of anilines is 1. The van der Waals surface area contributed by atoms with Gasteiger partial charge in [0.25, 0.3) is 0 Å². The van der Waals surface area contributed by atoms with E-state index in [0.29, 0.717) is 5.92 Å². The van der Waals surface area contributed by atoms with Gasteiger partial charge in [0.15, 0.2) is 5.82 Å². The Balaban J connectivity index is 1.67. The quantitative estimate of drug-likeness (QED) is 0.719. The molecule has 6 nitrogen and oxygen atoms in total. The molecule has 2 aromatic heterocycles. The SMILES string of the molecule is CCC1=C(C2CCN(C)CC2)Nc2n[nH]cc2C1c1cccc2nsnc12. The molecule has 27 heavy (non-hydrogen) atoms. The summed E-state index contributed by atoms with van der Waals surface area (Å²) in [6.07, 6.45) is 5.43. The van der Waals surface area contributed by atoms with Crippen molar-refractivity contribution in [3.8, 4) is 0 Å². The second-order valence-corrected chi connectivity index (χ2v) is 8.12. The summed E-state index contributed by atoms with van der Waals surface area (Å²) in [5, 5.41) is 11.3. The van der Waals surface area contributed by atoms with Crippen LogP contribution in [0.3, 0.4) is 0 Å². The van der Waals surface area contributed by atoms with Crippen molar-refractivity contribution in [2.24, 2.45) is 5.92 Å². The van der Waals surface area contributed by atoms with E-state index in [-0.39, 0.29) is 5.92 Å². The zero-order chi connectivity index (χ0) is 18.4. The van der Waals surface area contributed by atoms with E-state index < -0.39 is 0 Å². The van der Waals surface area contributed by atoms with Crippen molar-refractivity contribution in [3.63, 3.8) is 0 Å². The number of fused-ring (bicyclic) bond motifs is 2. The first-order valence-electron chi connectivity index (χ1n) is 9.69. The first-order chi connectivity index (χ1) is 13.3. The van der Waals surface area contributed by atoms with Crippen LogP contribution in [0.15, 0.2) is 35.7 Å².